The molecular formula is C15H16N2O2. The lowest BCUT2D eigenvalue weighted by molar-refractivity contribution is -0.521. The molecule has 19 heavy (non-hydrogen) atoms. The second-order valence-electron chi connectivity index (χ2n) is 4.42. The molecule has 0 unspecified atom stereocenters. The minimum Gasteiger partial charge on any atom is -0.372 e. The minimum absolute atomic E-state index is 0.256. The first-order valence-electron chi connectivity index (χ1n) is 6.18. The zero-order valence-electron chi connectivity index (χ0n) is 10.7. The molecule has 0 radical (unpaired) electrons. The number of nitrogens with zero attached hydrogens (tertiary/aromatic N) is 1. The first-order valence-corrected chi connectivity index (χ1v) is 6.18. The molecule has 2 aromatic rings. The number of hydrogen-bond donors (Lipinski definition) is 1. The number of rotatable bonds is 5. The van der Waals surface area contributed by atoms with E-state index in [1.165, 1.54) is 0 Å². The Bertz CT molecular complexity index is 528. The van der Waals surface area contributed by atoms with E-state index >= 15 is 0 Å². The minimum atomic E-state index is -0.706. The van der Waals surface area contributed by atoms with Crippen LogP contribution in [0.1, 0.15) is 18.5 Å². The highest BCUT2D eigenvalue weighted by Gasteiger charge is 2.27. The molecule has 0 aliphatic carbocycles. The molecule has 0 aromatic heterocycles. The molecule has 0 saturated heterocycles. The molecule has 0 bridgehead atoms. The van der Waals surface area contributed by atoms with Crippen LogP contribution in [0, 0.1) is 10.1 Å². The van der Waals surface area contributed by atoms with E-state index in [1.54, 1.807) is 6.92 Å². The van der Waals surface area contributed by atoms with Crippen LogP contribution < -0.4 is 5.32 Å². The summed E-state index contributed by atoms with van der Waals surface area (Å²) < 4.78 is 0. The third-order valence-corrected chi connectivity index (χ3v) is 3.07. The molecule has 2 aromatic carbocycles. The van der Waals surface area contributed by atoms with Crippen molar-refractivity contribution in [3.63, 3.8) is 0 Å². The fourth-order valence-electron chi connectivity index (χ4n) is 1.98. The summed E-state index contributed by atoms with van der Waals surface area (Å²) in [6.07, 6.45) is 0. The maximum absolute atomic E-state index is 11.1. The first-order chi connectivity index (χ1) is 9.18. The summed E-state index contributed by atoms with van der Waals surface area (Å²) in [6.45, 7) is 1.62. The highest BCUT2D eigenvalue weighted by molar-refractivity contribution is 5.45. The summed E-state index contributed by atoms with van der Waals surface area (Å²) in [6, 6.07) is 18.0. The zero-order chi connectivity index (χ0) is 13.7. The molecule has 0 spiro atoms. The standard InChI is InChI=1S/C15H16N2O2/c1-12(17(18)19)15(13-8-4-2-5-9-13)16-14-10-6-3-7-11-14/h2-12,15-16H,1H3/t12-,15-/m1/s1. The van der Waals surface area contributed by atoms with E-state index in [0.717, 1.165) is 11.3 Å². The van der Waals surface area contributed by atoms with Gasteiger partial charge in [0.05, 0.1) is 0 Å². The van der Waals surface area contributed by atoms with Gasteiger partial charge in [-0.2, -0.15) is 0 Å². The van der Waals surface area contributed by atoms with E-state index < -0.39 is 6.04 Å². The van der Waals surface area contributed by atoms with Gasteiger partial charge in [0.25, 0.3) is 0 Å². The highest BCUT2D eigenvalue weighted by atomic mass is 16.6. The molecule has 0 amide bonds. The Kier molecular flexibility index (Phi) is 4.13. The van der Waals surface area contributed by atoms with Crippen LogP contribution in [0.4, 0.5) is 5.69 Å². The van der Waals surface area contributed by atoms with Gasteiger partial charge in [-0.15, -0.1) is 0 Å². The lowest BCUT2D eigenvalue weighted by atomic mass is 10.0. The Morgan fingerprint density at radius 3 is 2.05 bits per heavy atom. The Morgan fingerprint density at radius 1 is 1.00 bits per heavy atom. The number of nitro groups is 1. The molecule has 0 aliphatic heterocycles. The molecule has 1 N–H and O–H groups in total. The van der Waals surface area contributed by atoms with Gasteiger partial charge in [0.2, 0.25) is 6.04 Å². The van der Waals surface area contributed by atoms with Crippen LogP contribution in [0.3, 0.4) is 0 Å². The fraction of sp³-hybridized carbons (Fsp3) is 0.200. The van der Waals surface area contributed by atoms with Crippen molar-refractivity contribution in [2.24, 2.45) is 0 Å². The zero-order valence-corrected chi connectivity index (χ0v) is 10.7. The second kappa shape index (κ2) is 6.00. The van der Waals surface area contributed by atoms with Gasteiger partial charge in [-0.25, -0.2) is 0 Å². The van der Waals surface area contributed by atoms with Crippen molar-refractivity contribution in [3.8, 4) is 0 Å². The Hall–Kier alpha value is -2.36. The summed E-state index contributed by atoms with van der Waals surface area (Å²) in [5.74, 6) is 0. The lowest BCUT2D eigenvalue weighted by Crippen LogP contribution is -2.29. The quantitative estimate of drug-likeness (QED) is 0.658. The third-order valence-electron chi connectivity index (χ3n) is 3.07. The van der Waals surface area contributed by atoms with Crippen molar-refractivity contribution in [2.75, 3.05) is 5.32 Å². The average Bonchev–Trinajstić information content (AvgIpc) is 2.46. The summed E-state index contributed by atoms with van der Waals surface area (Å²) in [7, 11) is 0. The van der Waals surface area contributed by atoms with Crippen LogP contribution in [0.5, 0.6) is 0 Å². The normalized spacial score (nSPS) is 13.5. The molecule has 98 valence electrons. The van der Waals surface area contributed by atoms with Crippen LogP contribution >= 0.6 is 0 Å². The van der Waals surface area contributed by atoms with Gasteiger partial charge in [-0.05, 0) is 17.7 Å². The topological polar surface area (TPSA) is 55.2 Å². The number of nitrogens with one attached hydrogen (secondary N) is 1. The molecule has 2 atom stereocenters. The number of benzene rings is 2. The van der Waals surface area contributed by atoms with E-state index in [2.05, 4.69) is 5.32 Å². The Labute approximate surface area is 112 Å². The van der Waals surface area contributed by atoms with Crippen molar-refractivity contribution in [3.05, 3.63) is 76.3 Å². The van der Waals surface area contributed by atoms with E-state index in [9.17, 15) is 10.1 Å². The number of anilines is 1. The molecule has 4 heteroatoms. The second-order valence-corrected chi connectivity index (χ2v) is 4.42. The van der Waals surface area contributed by atoms with E-state index in [4.69, 9.17) is 0 Å². The molecule has 0 saturated carbocycles. The van der Waals surface area contributed by atoms with Gasteiger partial charge in [-0.1, -0.05) is 48.5 Å². The summed E-state index contributed by atoms with van der Waals surface area (Å²) in [5, 5.41) is 14.3. The van der Waals surface area contributed by atoms with E-state index in [-0.39, 0.29) is 11.0 Å². The van der Waals surface area contributed by atoms with Crippen molar-refractivity contribution in [1.82, 2.24) is 0 Å². The largest absolute Gasteiger partial charge is 0.372 e. The first kappa shape index (κ1) is 13.1. The van der Waals surface area contributed by atoms with Crippen LogP contribution in [0.2, 0.25) is 0 Å². The van der Waals surface area contributed by atoms with Gasteiger partial charge in [0.1, 0.15) is 6.04 Å². The maximum Gasteiger partial charge on any atom is 0.234 e. The number of hydrogen-bond acceptors (Lipinski definition) is 3. The molecule has 0 fully saturated rings. The molecule has 0 aliphatic rings. The lowest BCUT2D eigenvalue weighted by Gasteiger charge is -2.21. The number of para-hydroxylation sites is 1. The Morgan fingerprint density at radius 2 is 1.53 bits per heavy atom. The van der Waals surface area contributed by atoms with Gasteiger partial charge in [0.15, 0.2) is 0 Å². The van der Waals surface area contributed by atoms with Crippen molar-refractivity contribution in [2.45, 2.75) is 19.0 Å². The summed E-state index contributed by atoms with van der Waals surface area (Å²) in [4.78, 5) is 10.8. The fourth-order valence-corrected chi connectivity index (χ4v) is 1.98. The maximum atomic E-state index is 11.1. The van der Waals surface area contributed by atoms with Crippen LogP contribution in [-0.2, 0) is 0 Å². The molecule has 0 heterocycles. The van der Waals surface area contributed by atoms with E-state index in [0.29, 0.717) is 0 Å². The van der Waals surface area contributed by atoms with Crippen LogP contribution in [0.25, 0.3) is 0 Å². The third kappa shape index (κ3) is 3.31. The predicted octanol–water partition coefficient (Wildman–Crippen LogP) is 3.51. The van der Waals surface area contributed by atoms with Crippen LogP contribution in [-0.4, -0.2) is 11.0 Å². The van der Waals surface area contributed by atoms with Gasteiger partial charge >= 0.3 is 0 Å². The monoisotopic (exact) mass is 256 g/mol. The SMILES string of the molecule is C[C@H]([C@@H](Nc1ccccc1)c1ccccc1)[N+](=O)[O-]. The van der Waals surface area contributed by atoms with E-state index in [1.807, 2.05) is 60.7 Å². The smallest absolute Gasteiger partial charge is 0.234 e. The highest BCUT2D eigenvalue weighted by Crippen LogP contribution is 2.23. The van der Waals surface area contributed by atoms with Crippen molar-refractivity contribution >= 4 is 5.69 Å². The van der Waals surface area contributed by atoms with Crippen molar-refractivity contribution < 1.29 is 4.92 Å². The predicted molar refractivity (Wildman–Crippen MR) is 75.7 cm³/mol. The molecular weight excluding hydrogens is 240 g/mol. The van der Waals surface area contributed by atoms with Crippen molar-refractivity contribution in [1.29, 1.82) is 0 Å². The summed E-state index contributed by atoms with van der Waals surface area (Å²) >= 11 is 0. The van der Waals surface area contributed by atoms with Gasteiger partial charge in [0, 0.05) is 17.5 Å². The van der Waals surface area contributed by atoms with Gasteiger partial charge in [-0.3, -0.25) is 10.1 Å². The molecule has 2 rings (SSSR count). The summed E-state index contributed by atoms with van der Waals surface area (Å²) in [5.41, 5.74) is 1.79. The van der Waals surface area contributed by atoms with Gasteiger partial charge < -0.3 is 5.32 Å². The molecule has 4 nitrogen and oxygen atoms in total. The van der Waals surface area contributed by atoms with Crippen LogP contribution in [0.15, 0.2) is 60.7 Å². The average molecular weight is 256 g/mol. The Balaban J connectivity index is 2.27.